The van der Waals surface area contributed by atoms with Gasteiger partial charge < -0.3 is 28.7 Å². The van der Waals surface area contributed by atoms with Crippen molar-refractivity contribution in [2.75, 3.05) is 38.2 Å². The van der Waals surface area contributed by atoms with Crippen LogP contribution in [0.5, 0.6) is 23.0 Å². The molecular weight excluding hydrogens is 556 g/mol. The maximum Gasteiger partial charge on any atom is 0.224 e. The number of nitrogens with zero attached hydrogens (tertiary/aromatic N) is 2. The monoisotopic (exact) mass is 592 g/mol. The topological polar surface area (TPSA) is 77.5 Å². The fraction of sp³-hybridized carbons (Fsp3) is 0.278. The molecule has 8 nitrogen and oxygen atoms in total. The minimum atomic E-state index is -0.391. The molecule has 6 rings (SSSR count). The van der Waals surface area contributed by atoms with Crippen LogP contribution < -0.4 is 28.7 Å². The highest BCUT2D eigenvalue weighted by atomic mass is 16.5. The van der Waals surface area contributed by atoms with Gasteiger partial charge in [-0.1, -0.05) is 48.5 Å². The summed E-state index contributed by atoms with van der Waals surface area (Å²) < 4.78 is 22.5. The number of fused-ring (bicyclic) bond motifs is 2. The number of methoxy groups -OCH3 is 4. The number of carbonyl (C=O) groups is 2. The fourth-order valence-corrected chi connectivity index (χ4v) is 7.24. The lowest BCUT2D eigenvalue weighted by molar-refractivity contribution is -0.118. The largest absolute Gasteiger partial charge is 0.493 e. The summed E-state index contributed by atoms with van der Waals surface area (Å²) in [5.41, 5.74) is 5.60. The normalized spacial score (nSPS) is 20.1. The van der Waals surface area contributed by atoms with Crippen molar-refractivity contribution in [3.05, 3.63) is 107 Å². The Balaban J connectivity index is 1.64. The average molecular weight is 593 g/mol. The van der Waals surface area contributed by atoms with Gasteiger partial charge in [-0.2, -0.15) is 0 Å². The summed E-state index contributed by atoms with van der Waals surface area (Å²) in [7, 11) is 6.42. The standard InChI is InChI=1S/C36H36N2O6/c1-21(39)37-27-13-9-7-11-25(27)33(35(37)23-15-17-29(41-3)31(19-23)43-5)34-26-12-8-10-14-28(26)38(22(2)40)36(34)24-16-18-30(42-4)32(20-24)44-6/h7-20,33-36H,1-6H3/t33-,34+,35+,36-. The highest BCUT2D eigenvalue weighted by Gasteiger charge is 2.53. The van der Waals surface area contributed by atoms with E-state index in [1.807, 2.05) is 82.6 Å². The van der Waals surface area contributed by atoms with Gasteiger partial charge in [0.05, 0.1) is 40.5 Å². The summed E-state index contributed by atoms with van der Waals surface area (Å²) in [5, 5.41) is 0. The SMILES string of the molecule is COc1ccc([C@@H]2[C@H]([C@H]3c4ccccc4N(C(C)=O)[C@H]3c3ccc(OC)c(OC)c3)c3ccccc3N2C(C)=O)cc1OC. The van der Waals surface area contributed by atoms with E-state index < -0.39 is 12.1 Å². The second kappa shape index (κ2) is 11.6. The summed E-state index contributed by atoms with van der Waals surface area (Å²) in [6.07, 6.45) is 0. The van der Waals surface area contributed by atoms with Crippen molar-refractivity contribution < 1.29 is 28.5 Å². The number of hydrogen-bond acceptors (Lipinski definition) is 6. The predicted molar refractivity (Wildman–Crippen MR) is 169 cm³/mol. The van der Waals surface area contributed by atoms with Crippen molar-refractivity contribution in [3.63, 3.8) is 0 Å². The third-order valence-electron chi connectivity index (χ3n) is 8.91. The van der Waals surface area contributed by atoms with Gasteiger partial charge >= 0.3 is 0 Å². The molecule has 0 spiro atoms. The predicted octanol–water partition coefficient (Wildman–Crippen LogP) is 6.80. The molecule has 2 amide bonds. The van der Waals surface area contributed by atoms with Crippen molar-refractivity contribution in [1.82, 2.24) is 0 Å². The average Bonchev–Trinajstić information content (AvgIpc) is 3.57. The summed E-state index contributed by atoms with van der Waals surface area (Å²) >= 11 is 0. The smallest absolute Gasteiger partial charge is 0.224 e. The molecule has 226 valence electrons. The van der Waals surface area contributed by atoms with Crippen LogP contribution in [0.25, 0.3) is 0 Å². The van der Waals surface area contributed by atoms with E-state index >= 15 is 0 Å². The number of ether oxygens (including phenoxy) is 4. The number of carbonyl (C=O) groups excluding carboxylic acids is 2. The van der Waals surface area contributed by atoms with Crippen LogP contribution in [0, 0.1) is 0 Å². The van der Waals surface area contributed by atoms with Gasteiger partial charge in [-0.25, -0.2) is 0 Å². The quantitative estimate of drug-likeness (QED) is 0.235. The van der Waals surface area contributed by atoms with E-state index in [2.05, 4.69) is 12.1 Å². The van der Waals surface area contributed by atoms with Crippen LogP contribution in [0.4, 0.5) is 11.4 Å². The van der Waals surface area contributed by atoms with E-state index in [0.29, 0.717) is 23.0 Å². The maximum absolute atomic E-state index is 13.5. The molecular formula is C36H36N2O6. The van der Waals surface area contributed by atoms with Crippen LogP contribution in [0.15, 0.2) is 84.9 Å². The minimum absolute atomic E-state index is 0.0721. The zero-order chi connectivity index (χ0) is 31.1. The zero-order valence-corrected chi connectivity index (χ0v) is 25.7. The number of benzene rings is 4. The molecule has 44 heavy (non-hydrogen) atoms. The van der Waals surface area contributed by atoms with Gasteiger partial charge in [0, 0.05) is 37.1 Å². The molecule has 0 bridgehead atoms. The number of anilines is 2. The Hall–Kier alpha value is -4.98. The first-order valence-electron chi connectivity index (χ1n) is 14.6. The van der Waals surface area contributed by atoms with Gasteiger partial charge in [0.15, 0.2) is 23.0 Å². The van der Waals surface area contributed by atoms with Crippen molar-refractivity contribution in [2.24, 2.45) is 0 Å². The van der Waals surface area contributed by atoms with Gasteiger partial charge in [-0.15, -0.1) is 0 Å². The van der Waals surface area contributed by atoms with Gasteiger partial charge in [-0.05, 0) is 58.7 Å². The molecule has 2 heterocycles. The van der Waals surface area contributed by atoms with Gasteiger partial charge in [-0.3, -0.25) is 9.59 Å². The Kier molecular flexibility index (Phi) is 7.67. The van der Waals surface area contributed by atoms with Crippen LogP contribution in [-0.2, 0) is 9.59 Å². The molecule has 4 aromatic rings. The van der Waals surface area contributed by atoms with E-state index in [1.54, 1.807) is 42.3 Å². The number of hydrogen-bond donors (Lipinski definition) is 0. The van der Waals surface area contributed by atoms with Gasteiger partial charge in [0.25, 0.3) is 0 Å². The second-order valence-corrected chi connectivity index (χ2v) is 11.1. The van der Waals surface area contributed by atoms with Crippen LogP contribution >= 0.6 is 0 Å². The Morgan fingerprint density at radius 1 is 0.523 bits per heavy atom. The minimum Gasteiger partial charge on any atom is -0.493 e. The first kappa shape index (κ1) is 29.1. The first-order chi connectivity index (χ1) is 21.3. The lowest BCUT2D eigenvalue weighted by Gasteiger charge is -2.36. The molecule has 4 atom stereocenters. The Labute approximate surface area is 257 Å². The number of rotatable bonds is 7. The van der Waals surface area contributed by atoms with Crippen LogP contribution in [0.3, 0.4) is 0 Å². The molecule has 0 N–H and O–H groups in total. The van der Waals surface area contributed by atoms with Crippen molar-refractivity contribution in [2.45, 2.75) is 37.8 Å². The van der Waals surface area contributed by atoms with Crippen LogP contribution in [-0.4, -0.2) is 40.3 Å². The van der Waals surface area contributed by atoms with E-state index in [1.165, 1.54) is 0 Å². The highest BCUT2D eigenvalue weighted by molar-refractivity contribution is 5.98. The summed E-state index contributed by atoms with van der Waals surface area (Å²) in [4.78, 5) is 30.8. The van der Waals surface area contributed by atoms with E-state index in [-0.39, 0.29) is 23.7 Å². The van der Waals surface area contributed by atoms with Crippen molar-refractivity contribution in [3.8, 4) is 23.0 Å². The number of amides is 2. The van der Waals surface area contributed by atoms with Crippen LogP contribution in [0.1, 0.15) is 60.0 Å². The third kappa shape index (κ3) is 4.53. The first-order valence-corrected chi connectivity index (χ1v) is 14.6. The van der Waals surface area contributed by atoms with Gasteiger partial charge in [0.2, 0.25) is 11.8 Å². The molecule has 2 aliphatic heterocycles. The fourth-order valence-electron chi connectivity index (χ4n) is 7.24. The molecule has 8 heteroatoms. The van der Waals surface area contributed by atoms with E-state index in [0.717, 1.165) is 33.6 Å². The molecule has 0 aromatic heterocycles. The molecule has 4 aromatic carbocycles. The molecule has 0 radical (unpaired) electrons. The van der Waals surface area contributed by atoms with Crippen LogP contribution in [0.2, 0.25) is 0 Å². The van der Waals surface area contributed by atoms with Gasteiger partial charge in [0.1, 0.15) is 0 Å². The lowest BCUT2D eigenvalue weighted by Crippen LogP contribution is -2.36. The van der Waals surface area contributed by atoms with Crippen molar-refractivity contribution >= 4 is 23.2 Å². The Morgan fingerprint density at radius 2 is 0.886 bits per heavy atom. The molecule has 0 aliphatic carbocycles. The third-order valence-corrected chi connectivity index (χ3v) is 8.91. The van der Waals surface area contributed by atoms with E-state index in [4.69, 9.17) is 18.9 Å². The van der Waals surface area contributed by atoms with Crippen molar-refractivity contribution in [1.29, 1.82) is 0 Å². The molecule has 2 aliphatic rings. The Bertz CT molecular complexity index is 1610. The molecule has 0 fully saturated rings. The van der Waals surface area contributed by atoms with E-state index in [9.17, 15) is 9.59 Å². The molecule has 0 saturated heterocycles. The Morgan fingerprint density at radius 3 is 1.23 bits per heavy atom. The maximum atomic E-state index is 13.5. The zero-order valence-electron chi connectivity index (χ0n) is 25.7. The lowest BCUT2D eigenvalue weighted by atomic mass is 9.73. The molecule has 0 unspecified atom stereocenters. The number of para-hydroxylation sites is 2. The summed E-state index contributed by atoms with van der Waals surface area (Å²) in [5.74, 6) is 1.78. The highest BCUT2D eigenvalue weighted by Crippen LogP contribution is 2.63. The second-order valence-electron chi connectivity index (χ2n) is 11.1. The summed E-state index contributed by atoms with van der Waals surface area (Å²) in [6, 6.07) is 27.0. The summed E-state index contributed by atoms with van der Waals surface area (Å²) in [6.45, 7) is 3.20. The molecule has 0 saturated carbocycles.